The van der Waals surface area contributed by atoms with Gasteiger partial charge in [0.1, 0.15) is 0 Å². The van der Waals surface area contributed by atoms with Gasteiger partial charge >= 0.3 is 0 Å². The van der Waals surface area contributed by atoms with E-state index in [1.807, 2.05) is 0 Å². The third kappa shape index (κ3) is 1.98. The topological polar surface area (TPSA) is 52.6 Å². The number of allylic oxidation sites excluding steroid dienone is 2. The Bertz CT molecular complexity index is 324. The summed E-state index contributed by atoms with van der Waals surface area (Å²) >= 11 is 0. The molecule has 0 N–H and O–H groups in total. The summed E-state index contributed by atoms with van der Waals surface area (Å²) in [6, 6.07) is 0. The molecule has 0 radical (unpaired) electrons. The van der Waals surface area contributed by atoms with Crippen molar-refractivity contribution in [3.63, 3.8) is 0 Å². The zero-order chi connectivity index (χ0) is 10.6. The molecule has 0 unspecified atom stereocenters. The number of ketones is 2. The molecular formula is C10H8O4. The number of ether oxygens (including phenoxy) is 2. The van der Waals surface area contributed by atoms with Crippen molar-refractivity contribution in [2.75, 3.05) is 0 Å². The van der Waals surface area contributed by atoms with Gasteiger partial charge in [-0.2, -0.15) is 0 Å². The molecule has 1 aliphatic carbocycles. The lowest BCUT2D eigenvalue weighted by molar-refractivity contribution is -0.118. The van der Waals surface area contributed by atoms with E-state index in [0.717, 1.165) is 24.7 Å². The highest BCUT2D eigenvalue weighted by molar-refractivity contribution is 6.18. The van der Waals surface area contributed by atoms with Crippen LogP contribution in [-0.4, -0.2) is 11.6 Å². The van der Waals surface area contributed by atoms with E-state index in [1.165, 1.54) is 0 Å². The van der Waals surface area contributed by atoms with Gasteiger partial charge in [0.15, 0.2) is 11.5 Å². The molecule has 0 aromatic rings. The van der Waals surface area contributed by atoms with Crippen LogP contribution in [0.15, 0.2) is 49.4 Å². The van der Waals surface area contributed by atoms with Crippen LogP contribution in [0.1, 0.15) is 0 Å². The van der Waals surface area contributed by atoms with Crippen LogP contribution in [0, 0.1) is 0 Å². The van der Waals surface area contributed by atoms with Gasteiger partial charge in [-0.3, -0.25) is 9.59 Å². The lowest BCUT2D eigenvalue weighted by atomic mass is 10.1. The minimum atomic E-state index is -0.443. The zero-order valence-corrected chi connectivity index (χ0v) is 7.36. The van der Waals surface area contributed by atoms with Crippen LogP contribution in [0.4, 0.5) is 0 Å². The van der Waals surface area contributed by atoms with Gasteiger partial charge in [-0.05, 0) is 0 Å². The molecule has 0 saturated heterocycles. The van der Waals surface area contributed by atoms with Crippen LogP contribution in [0.2, 0.25) is 0 Å². The fourth-order valence-electron chi connectivity index (χ4n) is 0.886. The molecular weight excluding hydrogens is 184 g/mol. The fraction of sp³-hybridized carbons (Fsp3) is 0. The van der Waals surface area contributed by atoms with E-state index in [-0.39, 0.29) is 11.5 Å². The summed E-state index contributed by atoms with van der Waals surface area (Å²) in [6.07, 6.45) is 4.24. The summed E-state index contributed by atoms with van der Waals surface area (Å²) in [6.45, 7) is 6.55. The quantitative estimate of drug-likeness (QED) is 0.496. The van der Waals surface area contributed by atoms with Crippen LogP contribution in [0.3, 0.4) is 0 Å². The second-order valence-corrected chi connectivity index (χ2v) is 2.31. The first-order chi connectivity index (χ1) is 6.69. The van der Waals surface area contributed by atoms with Gasteiger partial charge in [0.05, 0.1) is 12.5 Å². The van der Waals surface area contributed by atoms with Crippen molar-refractivity contribution >= 4 is 11.6 Å². The van der Waals surface area contributed by atoms with Crippen LogP contribution >= 0.6 is 0 Å². The van der Waals surface area contributed by atoms with Gasteiger partial charge in [-0.25, -0.2) is 0 Å². The van der Waals surface area contributed by atoms with Crippen molar-refractivity contribution in [3.8, 4) is 0 Å². The smallest absolute Gasteiger partial charge is 0.224 e. The second kappa shape index (κ2) is 4.23. The van der Waals surface area contributed by atoms with E-state index < -0.39 is 11.6 Å². The predicted octanol–water partition coefficient (Wildman–Crippen LogP) is 1.23. The first-order valence-electron chi connectivity index (χ1n) is 3.76. The molecule has 0 saturated carbocycles. The molecule has 0 fully saturated rings. The third-order valence-electron chi connectivity index (χ3n) is 1.43. The average Bonchev–Trinajstić information content (AvgIpc) is 2.14. The van der Waals surface area contributed by atoms with Gasteiger partial charge in [0, 0.05) is 12.2 Å². The highest BCUT2D eigenvalue weighted by Crippen LogP contribution is 2.13. The van der Waals surface area contributed by atoms with E-state index in [2.05, 4.69) is 13.2 Å². The van der Waals surface area contributed by atoms with E-state index in [1.54, 1.807) is 0 Å². The average molecular weight is 192 g/mol. The normalized spacial score (nSPS) is 15.4. The molecule has 4 nitrogen and oxygen atoms in total. The largest absolute Gasteiger partial charge is 0.461 e. The highest BCUT2D eigenvalue weighted by atomic mass is 16.5. The monoisotopic (exact) mass is 192 g/mol. The molecule has 0 bridgehead atoms. The molecule has 4 heteroatoms. The number of hydrogen-bond acceptors (Lipinski definition) is 4. The van der Waals surface area contributed by atoms with Crippen LogP contribution < -0.4 is 0 Å². The standard InChI is InChI=1S/C10H8O4/c1-3-13-9-5-8(12)10(14-4-2)6-7(9)11/h3-6H,1-2H2. The SMILES string of the molecule is C=COC1=CC(=O)C(OC=C)=CC1=O. The van der Waals surface area contributed by atoms with Crippen molar-refractivity contribution < 1.29 is 19.1 Å². The summed E-state index contributed by atoms with van der Waals surface area (Å²) in [5.74, 6) is -1.02. The fourth-order valence-corrected chi connectivity index (χ4v) is 0.886. The first kappa shape index (κ1) is 9.98. The van der Waals surface area contributed by atoms with Gasteiger partial charge in [-0.1, -0.05) is 13.2 Å². The molecule has 0 spiro atoms. The Hall–Kier alpha value is -2.10. The molecule has 14 heavy (non-hydrogen) atoms. The van der Waals surface area contributed by atoms with Gasteiger partial charge < -0.3 is 9.47 Å². The number of hydrogen-bond donors (Lipinski definition) is 0. The second-order valence-electron chi connectivity index (χ2n) is 2.31. The zero-order valence-electron chi connectivity index (χ0n) is 7.36. The van der Waals surface area contributed by atoms with Crippen molar-refractivity contribution in [1.29, 1.82) is 0 Å². The maximum Gasteiger partial charge on any atom is 0.224 e. The summed E-state index contributed by atoms with van der Waals surface area (Å²) < 4.78 is 9.44. The summed E-state index contributed by atoms with van der Waals surface area (Å²) in [5, 5.41) is 0. The molecule has 72 valence electrons. The van der Waals surface area contributed by atoms with Crippen molar-refractivity contribution in [2.45, 2.75) is 0 Å². The van der Waals surface area contributed by atoms with E-state index in [4.69, 9.17) is 9.47 Å². The summed E-state index contributed by atoms with van der Waals surface area (Å²) in [7, 11) is 0. The third-order valence-corrected chi connectivity index (χ3v) is 1.43. The molecule has 0 atom stereocenters. The summed E-state index contributed by atoms with van der Waals surface area (Å²) in [4.78, 5) is 22.5. The lowest BCUT2D eigenvalue weighted by Crippen LogP contribution is -2.14. The van der Waals surface area contributed by atoms with Gasteiger partial charge in [0.2, 0.25) is 11.6 Å². The molecule has 1 aliphatic rings. The van der Waals surface area contributed by atoms with E-state index >= 15 is 0 Å². The number of rotatable bonds is 4. The molecule has 1 rings (SSSR count). The molecule has 0 aromatic carbocycles. The summed E-state index contributed by atoms with van der Waals surface area (Å²) in [5.41, 5.74) is 0. The molecule has 0 aromatic heterocycles. The van der Waals surface area contributed by atoms with Gasteiger partial charge in [-0.15, -0.1) is 0 Å². The molecule has 0 heterocycles. The van der Waals surface area contributed by atoms with Crippen molar-refractivity contribution in [2.24, 2.45) is 0 Å². The molecule has 0 amide bonds. The van der Waals surface area contributed by atoms with Crippen molar-refractivity contribution in [1.82, 2.24) is 0 Å². The highest BCUT2D eigenvalue weighted by Gasteiger charge is 2.21. The Balaban J connectivity index is 2.89. The maximum atomic E-state index is 11.2. The van der Waals surface area contributed by atoms with Crippen LogP contribution in [0.25, 0.3) is 0 Å². The Kier molecular flexibility index (Phi) is 3.01. The lowest BCUT2D eigenvalue weighted by Gasteiger charge is -2.09. The van der Waals surface area contributed by atoms with E-state index in [9.17, 15) is 9.59 Å². The van der Waals surface area contributed by atoms with Gasteiger partial charge in [0.25, 0.3) is 0 Å². The van der Waals surface area contributed by atoms with Crippen molar-refractivity contribution in [3.05, 3.63) is 49.4 Å². The Morgan fingerprint density at radius 1 is 0.929 bits per heavy atom. The predicted molar refractivity (Wildman–Crippen MR) is 48.7 cm³/mol. The number of carbonyl (C=O) groups excluding carboxylic acids is 2. The Labute approximate surface area is 80.8 Å². The Morgan fingerprint density at radius 3 is 1.57 bits per heavy atom. The number of carbonyl (C=O) groups is 2. The Morgan fingerprint density at radius 2 is 1.29 bits per heavy atom. The minimum absolute atomic E-state index is 0.0681. The molecule has 0 aliphatic heterocycles. The van der Waals surface area contributed by atoms with Crippen LogP contribution in [0.5, 0.6) is 0 Å². The van der Waals surface area contributed by atoms with Crippen LogP contribution in [-0.2, 0) is 19.1 Å². The maximum absolute atomic E-state index is 11.2. The minimum Gasteiger partial charge on any atom is -0.461 e. The first-order valence-corrected chi connectivity index (χ1v) is 3.76. The van der Waals surface area contributed by atoms with E-state index in [0.29, 0.717) is 0 Å².